The molecule has 1 aromatic heterocycles. The lowest BCUT2D eigenvalue weighted by atomic mass is 9.90. The van der Waals surface area contributed by atoms with Gasteiger partial charge in [-0.3, -0.25) is 4.98 Å². The summed E-state index contributed by atoms with van der Waals surface area (Å²) in [4.78, 5) is 4.45. The van der Waals surface area contributed by atoms with Gasteiger partial charge in [0.1, 0.15) is 0 Å². The van der Waals surface area contributed by atoms with Crippen molar-refractivity contribution in [3.05, 3.63) is 29.6 Å². The van der Waals surface area contributed by atoms with Crippen LogP contribution in [0.4, 0.5) is 8.78 Å². The van der Waals surface area contributed by atoms with Crippen LogP contribution < -0.4 is 0 Å². The molecule has 19 heavy (non-hydrogen) atoms. The molecule has 1 aromatic rings. The summed E-state index contributed by atoms with van der Waals surface area (Å²) in [6.07, 6.45) is 6.11. The van der Waals surface area contributed by atoms with Crippen molar-refractivity contribution in [2.45, 2.75) is 70.1 Å². The normalized spacial score (nSPS) is 19.2. The minimum absolute atomic E-state index is 0.455. The Kier molecular flexibility index (Phi) is 3.93. The highest BCUT2D eigenvalue weighted by molar-refractivity contribution is 5.33. The number of pyridine rings is 1. The fourth-order valence-corrected chi connectivity index (χ4v) is 2.95. The molecule has 1 aliphatic carbocycles. The highest BCUT2D eigenvalue weighted by atomic mass is 19.3. The van der Waals surface area contributed by atoms with Crippen molar-refractivity contribution in [2.75, 3.05) is 0 Å². The smallest absolute Gasteiger partial charge is 0.254 e. The molecular formula is C16H23F2N. The highest BCUT2D eigenvalue weighted by Gasteiger charge is 2.60. The van der Waals surface area contributed by atoms with Gasteiger partial charge in [-0.2, -0.15) is 0 Å². The van der Waals surface area contributed by atoms with E-state index in [9.17, 15) is 8.78 Å². The van der Waals surface area contributed by atoms with Crippen molar-refractivity contribution in [3.8, 4) is 0 Å². The average molecular weight is 267 g/mol. The Bertz CT molecular complexity index is 415. The number of halogens is 2. The summed E-state index contributed by atoms with van der Waals surface area (Å²) in [6, 6.07) is 3.82. The first-order valence-electron chi connectivity index (χ1n) is 7.29. The van der Waals surface area contributed by atoms with E-state index >= 15 is 0 Å². The number of aromatic nitrogens is 1. The molecule has 1 heterocycles. The number of alkyl halides is 2. The monoisotopic (exact) mass is 267 g/mol. The van der Waals surface area contributed by atoms with E-state index in [0.717, 1.165) is 31.9 Å². The van der Waals surface area contributed by atoms with Crippen molar-refractivity contribution in [3.63, 3.8) is 0 Å². The fourth-order valence-electron chi connectivity index (χ4n) is 2.95. The second kappa shape index (κ2) is 5.18. The Labute approximate surface area is 114 Å². The molecule has 1 nitrogen and oxygen atoms in total. The number of nitrogens with zero attached hydrogens (tertiary/aromatic N) is 1. The molecule has 0 aliphatic heterocycles. The number of hydrogen-bond donors (Lipinski definition) is 0. The molecule has 1 unspecified atom stereocenters. The van der Waals surface area contributed by atoms with E-state index in [2.05, 4.69) is 18.8 Å². The van der Waals surface area contributed by atoms with Crippen molar-refractivity contribution in [1.29, 1.82) is 0 Å². The van der Waals surface area contributed by atoms with Crippen LogP contribution in [0, 0.1) is 0 Å². The van der Waals surface area contributed by atoms with Crippen LogP contribution in [-0.4, -0.2) is 10.9 Å². The van der Waals surface area contributed by atoms with Crippen LogP contribution in [0.3, 0.4) is 0 Å². The molecule has 0 saturated heterocycles. The third-order valence-corrected chi connectivity index (χ3v) is 4.48. The van der Waals surface area contributed by atoms with Gasteiger partial charge < -0.3 is 0 Å². The molecular weight excluding hydrogens is 244 g/mol. The molecule has 0 radical (unpaired) electrons. The Hall–Kier alpha value is -0.990. The summed E-state index contributed by atoms with van der Waals surface area (Å²) < 4.78 is 27.3. The molecule has 0 bridgehead atoms. The zero-order chi connectivity index (χ0) is 14.1. The van der Waals surface area contributed by atoms with Gasteiger partial charge in [0, 0.05) is 24.7 Å². The second-order valence-corrected chi connectivity index (χ2v) is 5.84. The minimum atomic E-state index is -2.65. The van der Waals surface area contributed by atoms with Crippen LogP contribution in [0.1, 0.15) is 70.1 Å². The molecule has 3 heteroatoms. The summed E-state index contributed by atoms with van der Waals surface area (Å²) in [7, 11) is 0. The van der Waals surface area contributed by atoms with E-state index in [1.165, 1.54) is 0 Å². The molecule has 106 valence electrons. The summed E-state index contributed by atoms with van der Waals surface area (Å²) in [5.41, 5.74) is 0.809. The van der Waals surface area contributed by atoms with Crippen LogP contribution in [-0.2, 0) is 5.41 Å². The van der Waals surface area contributed by atoms with E-state index in [-0.39, 0.29) is 0 Å². The Morgan fingerprint density at radius 3 is 2.37 bits per heavy atom. The SMILES string of the molecule is CCCC(CC)c1ccc(C2(C(C)(F)F)CC2)cn1. The fraction of sp³-hybridized carbons (Fsp3) is 0.688. The average Bonchev–Trinajstić information content (AvgIpc) is 3.17. The standard InChI is InChI=1S/C16H23F2N/c1-4-6-12(5-2)14-8-7-13(11-19-14)16(9-10-16)15(3,17)18/h7-8,11-12H,4-6,9-10H2,1-3H3. The molecule has 0 N–H and O–H groups in total. The van der Waals surface area contributed by atoms with Crippen molar-refractivity contribution in [2.24, 2.45) is 0 Å². The predicted molar refractivity (Wildman–Crippen MR) is 73.7 cm³/mol. The first-order chi connectivity index (χ1) is 8.94. The van der Waals surface area contributed by atoms with Gasteiger partial charge in [-0.1, -0.05) is 26.3 Å². The van der Waals surface area contributed by atoms with E-state index in [1.54, 1.807) is 6.20 Å². The minimum Gasteiger partial charge on any atom is -0.261 e. The third-order valence-electron chi connectivity index (χ3n) is 4.48. The van der Waals surface area contributed by atoms with Crippen LogP contribution in [0.15, 0.2) is 18.3 Å². The van der Waals surface area contributed by atoms with E-state index in [4.69, 9.17) is 0 Å². The van der Waals surface area contributed by atoms with Gasteiger partial charge >= 0.3 is 0 Å². The maximum absolute atomic E-state index is 13.7. The highest BCUT2D eigenvalue weighted by Crippen LogP contribution is 2.57. The maximum Gasteiger partial charge on any atom is 0.254 e. The van der Waals surface area contributed by atoms with Gasteiger partial charge in [0.25, 0.3) is 5.92 Å². The van der Waals surface area contributed by atoms with Crippen LogP contribution in [0.2, 0.25) is 0 Å². The second-order valence-electron chi connectivity index (χ2n) is 5.84. The van der Waals surface area contributed by atoms with E-state index in [1.807, 2.05) is 12.1 Å². The molecule has 0 amide bonds. The zero-order valence-electron chi connectivity index (χ0n) is 12.0. The lowest BCUT2D eigenvalue weighted by Gasteiger charge is -2.23. The molecule has 0 aromatic carbocycles. The summed E-state index contributed by atoms with van der Waals surface area (Å²) >= 11 is 0. The molecule has 1 saturated carbocycles. The van der Waals surface area contributed by atoms with Gasteiger partial charge in [-0.25, -0.2) is 8.78 Å². The first kappa shape index (κ1) is 14.4. The van der Waals surface area contributed by atoms with Gasteiger partial charge in [0.05, 0.1) is 5.41 Å². The Morgan fingerprint density at radius 2 is 2.00 bits per heavy atom. The van der Waals surface area contributed by atoms with Crippen molar-refractivity contribution < 1.29 is 8.78 Å². The zero-order valence-corrected chi connectivity index (χ0v) is 12.0. The van der Waals surface area contributed by atoms with Crippen LogP contribution >= 0.6 is 0 Å². The molecule has 2 rings (SSSR count). The van der Waals surface area contributed by atoms with E-state index < -0.39 is 11.3 Å². The van der Waals surface area contributed by atoms with Crippen LogP contribution in [0.25, 0.3) is 0 Å². The van der Waals surface area contributed by atoms with Crippen molar-refractivity contribution in [1.82, 2.24) is 4.98 Å². The molecule has 0 spiro atoms. The maximum atomic E-state index is 13.7. The molecule has 1 fully saturated rings. The third kappa shape index (κ3) is 2.65. The largest absolute Gasteiger partial charge is 0.261 e. The number of rotatable bonds is 6. The number of hydrogen-bond acceptors (Lipinski definition) is 1. The van der Waals surface area contributed by atoms with E-state index in [0.29, 0.717) is 24.3 Å². The lowest BCUT2D eigenvalue weighted by molar-refractivity contribution is -0.0201. The van der Waals surface area contributed by atoms with Gasteiger partial charge in [0.15, 0.2) is 0 Å². The lowest BCUT2D eigenvalue weighted by Crippen LogP contribution is -2.30. The first-order valence-corrected chi connectivity index (χ1v) is 7.29. The van der Waals surface area contributed by atoms with Gasteiger partial charge in [-0.05, 0) is 37.3 Å². The quantitative estimate of drug-likeness (QED) is 0.702. The Morgan fingerprint density at radius 1 is 1.32 bits per heavy atom. The summed E-state index contributed by atoms with van der Waals surface area (Å²) in [5.74, 6) is -2.19. The summed E-state index contributed by atoms with van der Waals surface area (Å²) in [5, 5.41) is 0. The van der Waals surface area contributed by atoms with Gasteiger partial charge in [-0.15, -0.1) is 0 Å². The molecule has 1 aliphatic rings. The van der Waals surface area contributed by atoms with Gasteiger partial charge in [0.2, 0.25) is 0 Å². The predicted octanol–water partition coefficient (Wildman–Crippen LogP) is 5.06. The summed E-state index contributed by atoms with van der Waals surface area (Å²) in [6.45, 7) is 5.34. The molecule has 1 atom stereocenters. The topological polar surface area (TPSA) is 12.9 Å². The van der Waals surface area contributed by atoms with Crippen molar-refractivity contribution >= 4 is 0 Å². The Balaban J connectivity index is 2.20. The van der Waals surface area contributed by atoms with Crippen LogP contribution in [0.5, 0.6) is 0 Å².